The Balaban J connectivity index is 1.54. The van der Waals surface area contributed by atoms with E-state index in [-0.39, 0.29) is 11.9 Å². The van der Waals surface area contributed by atoms with Gasteiger partial charge in [0.25, 0.3) is 5.91 Å². The number of hydrogen-bond donors (Lipinski definition) is 0. The predicted molar refractivity (Wildman–Crippen MR) is 131 cm³/mol. The van der Waals surface area contributed by atoms with Gasteiger partial charge in [0.15, 0.2) is 16.6 Å². The summed E-state index contributed by atoms with van der Waals surface area (Å²) in [7, 11) is 3.45. The summed E-state index contributed by atoms with van der Waals surface area (Å²) < 4.78 is 11.5. The molecule has 0 unspecified atom stereocenters. The molecule has 168 valence electrons. The molecule has 1 saturated carbocycles. The molecule has 2 aromatic carbocycles. The average molecular weight is 471 g/mol. The molecule has 0 bridgehead atoms. The van der Waals surface area contributed by atoms with Gasteiger partial charge in [-0.2, -0.15) is 0 Å². The number of benzene rings is 2. The molecule has 1 amide bonds. The highest BCUT2D eigenvalue weighted by Gasteiger charge is 2.40. The van der Waals surface area contributed by atoms with Gasteiger partial charge in [-0.3, -0.25) is 9.69 Å². The maximum absolute atomic E-state index is 13.2. The first-order chi connectivity index (χ1) is 15.5. The summed E-state index contributed by atoms with van der Waals surface area (Å²) in [5.41, 5.74) is 2.32. The molecule has 1 heterocycles. The van der Waals surface area contributed by atoms with Gasteiger partial charge in [-0.15, -0.1) is 0 Å². The second-order valence-corrected chi connectivity index (χ2v) is 8.90. The van der Waals surface area contributed by atoms with E-state index >= 15 is 0 Å². The van der Waals surface area contributed by atoms with Crippen molar-refractivity contribution in [2.24, 2.45) is 0 Å². The smallest absolute Gasteiger partial charge is 0.277 e. The Hall–Kier alpha value is -2.57. The fourth-order valence-electron chi connectivity index (χ4n) is 4.26. The molecule has 1 aliphatic carbocycles. The van der Waals surface area contributed by atoms with Gasteiger partial charge >= 0.3 is 0 Å². The summed E-state index contributed by atoms with van der Waals surface area (Å²) in [5.74, 6) is 1.17. The lowest BCUT2D eigenvalue weighted by molar-refractivity contribution is -0.124. The highest BCUT2D eigenvalue weighted by Crippen LogP contribution is 2.33. The SMILES string of the molecule is COc1cc(/C=C2/C(=O)N(C3CCCCC3)C(=S)N2C)ccc1OCc1ccccc1Cl. The van der Waals surface area contributed by atoms with Crippen molar-refractivity contribution in [2.45, 2.75) is 44.8 Å². The first-order valence-corrected chi connectivity index (χ1v) is 11.7. The number of halogens is 1. The summed E-state index contributed by atoms with van der Waals surface area (Å²) in [5, 5.41) is 1.24. The Morgan fingerprint density at radius 1 is 1.12 bits per heavy atom. The number of thiocarbonyl (C=S) groups is 1. The van der Waals surface area contributed by atoms with E-state index in [0.717, 1.165) is 36.8 Å². The maximum Gasteiger partial charge on any atom is 0.277 e. The van der Waals surface area contributed by atoms with Crippen molar-refractivity contribution in [1.82, 2.24) is 9.80 Å². The first kappa shape index (κ1) is 22.6. The van der Waals surface area contributed by atoms with Crippen LogP contribution < -0.4 is 9.47 Å². The second-order valence-electron chi connectivity index (χ2n) is 8.13. The van der Waals surface area contributed by atoms with Crippen molar-refractivity contribution in [1.29, 1.82) is 0 Å². The van der Waals surface area contributed by atoms with Crippen LogP contribution in [0.15, 0.2) is 48.2 Å². The van der Waals surface area contributed by atoms with Crippen molar-refractivity contribution in [3.63, 3.8) is 0 Å². The molecule has 1 aliphatic heterocycles. The molecule has 0 radical (unpaired) electrons. The molecule has 32 heavy (non-hydrogen) atoms. The summed E-state index contributed by atoms with van der Waals surface area (Å²) in [6, 6.07) is 13.4. The summed E-state index contributed by atoms with van der Waals surface area (Å²) in [6.45, 7) is 0.336. The van der Waals surface area contributed by atoms with E-state index < -0.39 is 0 Å². The van der Waals surface area contributed by atoms with Gasteiger partial charge in [0.1, 0.15) is 12.3 Å². The largest absolute Gasteiger partial charge is 0.493 e. The van der Waals surface area contributed by atoms with Crippen LogP contribution in [0.4, 0.5) is 0 Å². The summed E-state index contributed by atoms with van der Waals surface area (Å²) in [4.78, 5) is 16.8. The van der Waals surface area contributed by atoms with Crippen LogP contribution in [0.5, 0.6) is 11.5 Å². The minimum Gasteiger partial charge on any atom is -0.493 e. The van der Waals surface area contributed by atoms with Crippen LogP contribution in [0.1, 0.15) is 43.2 Å². The van der Waals surface area contributed by atoms with Gasteiger partial charge in [-0.1, -0.05) is 55.1 Å². The number of ether oxygens (including phenoxy) is 2. The van der Waals surface area contributed by atoms with Crippen molar-refractivity contribution in [3.8, 4) is 11.5 Å². The molecular formula is C25H27ClN2O3S. The molecule has 0 aromatic heterocycles. The highest BCUT2D eigenvalue weighted by atomic mass is 35.5. The third-order valence-corrected chi connectivity index (χ3v) is 6.90. The zero-order valence-corrected chi connectivity index (χ0v) is 19.9. The lowest BCUT2D eigenvalue weighted by Crippen LogP contribution is -2.41. The number of hydrogen-bond acceptors (Lipinski definition) is 4. The second kappa shape index (κ2) is 9.92. The molecular weight excluding hydrogens is 444 g/mol. The molecule has 0 N–H and O–H groups in total. The summed E-state index contributed by atoms with van der Waals surface area (Å²) in [6.07, 6.45) is 7.41. The molecule has 4 rings (SSSR count). The van der Waals surface area contributed by atoms with E-state index in [4.69, 9.17) is 33.3 Å². The molecule has 0 spiro atoms. The molecule has 2 aliphatic rings. The Labute approximate surface area is 199 Å². The lowest BCUT2D eigenvalue weighted by atomic mass is 9.94. The number of carbonyl (C=O) groups is 1. The number of likely N-dealkylation sites (N-methyl/N-ethyl adjacent to an activating group) is 1. The Morgan fingerprint density at radius 3 is 2.59 bits per heavy atom. The molecule has 2 aromatic rings. The van der Waals surface area contributed by atoms with E-state index in [1.165, 1.54) is 6.42 Å². The van der Waals surface area contributed by atoms with E-state index in [0.29, 0.717) is 33.9 Å². The van der Waals surface area contributed by atoms with Gasteiger partial charge < -0.3 is 14.4 Å². The third kappa shape index (κ3) is 4.62. The number of methoxy groups -OCH3 is 1. The standard InChI is InChI=1S/C25H27ClN2O3S/c1-27-21(24(29)28(25(27)32)19-9-4-3-5-10-19)14-17-12-13-22(23(15-17)30-2)31-16-18-8-6-7-11-20(18)26/h6-8,11-15,19H,3-5,9-10,16H2,1-2H3/b21-14-. The normalized spacial score (nSPS) is 18.5. The fourth-order valence-corrected chi connectivity index (χ4v) is 4.78. The monoisotopic (exact) mass is 470 g/mol. The van der Waals surface area contributed by atoms with Crippen LogP contribution in [-0.4, -0.2) is 41.0 Å². The number of carbonyl (C=O) groups excluding carboxylic acids is 1. The molecule has 7 heteroatoms. The Bertz CT molecular complexity index is 1050. The molecule has 5 nitrogen and oxygen atoms in total. The molecule has 0 atom stereocenters. The maximum atomic E-state index is 13.2. The summed E-state index contributed by atoms with van der Waals surface area (Å²) >= 11 is 11.8. The predicted octanol–water partition coefficient (Wildman–Crippen LogP) is 5.66. The van der Waals surface area contributed by atoms with Crippen molar-refractivity contribution >= 4 is 40.9 Å². The zero-order valence-electron chi connectivity index (χ0n) is 18.3. The zero-order chi connectivity index (χ0) is 22.7. The van der Waals surface area contributed by atoms with Crippen LogP contribution >= 0.6 is 23.8 Å². The number of rotatable bonds is 6. The lowest BCUT2D eigenvalue weighted by Gasteiger charge is -2.30. The van der Waals surface area contributed by atoms with Gasteiger partial charge in [-0.05, 0) is 54.9 Å². The van der Waals surface area contributed by atoms with Gasteiger partial charge in [0.2, 0.25) is 0 Å². The van der Waals surface area contributed by atoms with E-state index in [1.54, 1.807) is 16.9 Å². The third-order valence-electron chi connectivity index (χ3n) is 6.06. The molecule has 1 saturated heterocycles. The van der Waals surface area contributed by atoms with Crippen LogP contribution in [0.2, 0.25) is 5.02 Å². The molecule has 2 fully saturated rings. The number of amides is 1. The number of nitrogens with zero attached hydrogens (tertiary/aromatic N) is 2. The minimum atomic E-state index is -0.0255. The van der Waals surface area contributed by atoms with Gasteiger partial charge in [0.05, 0.1) is 7.11 Å². The van der Waals surface area contributed by atoms with Crippen LogP contribution in [0.3, 0.4) is 0 Å². The van der Waals surface area contributed by atoms with Crippen molar-refractivity contribution in [2.75, 3.05) is 14.2 Å². The van der Waals surface area contributed by atoms with E-state index in [1.807, 2.05) is 55.6 Å². The first-order valence-electron chi connectivity index (χ1n) is 10.9. The van der Waals surface area contributed by atoms with E-state index in [9.17, 15) is 4.79 Å². The minimum absolute atomic E-state index is 0.0255. The van der Waals surface area contributed by atoms with Crippen LogP contribution in [0, 0.1) is 0 Å². The van der Waals surface area contributed by atoms with Gasteiger partial charge in [-0.25, -0.2) is 0 Å². The highest BCUT2D eigenvalue weighted by molar-refractivity contribution is 7.80. The quantitative estimate of drug-likeness (QED) is 0.402. The topological polar surface area (TPSA) is 42.0 Å². The van der Waals surface area contributed by atoms with Crippen molar-refractivity contribution in [3.05, 3.63) is 64.3 Å². The van der Waals surface area contributed by atoms with Crippen LogP contribution in [0.25, 0.3) is 6.08 Å². The van der Waals surface area contributed by atoms with Crippen molar-refractivity contribution < 1.29 is 14.3 Å². The van der Waals surface area contributed by atoms with E-state index in [2.05, 4.69) is 0 Å². The van der Waals surface area contributed by atoms with Crippen LogP contribution in [-0.2, 0) is 11.4 Å². The van der Waals surface area contributed by atoms with Gasteiger partial charge in [0, 0.05) is 23.7 Å². The Kier molecular flexibility index (Phi) is 7.01. The Morgan fingerprint density at radius 2 is 1.88 bits per heavy atom. The average Bonchev–Trinajstić information content (AvgIpc) is 3.02. The fraction of sp³-hybridized carbons (Fsp3) is 0.360.